The van der Waals surface area contributed by atoms with E-state index >= 15 is 0 Å². The Morgan fingerprint density at radius 1 is 1.13 bits per heavy atom. The zero-order valence-electron chi connectivity index (χ0n) is 16.8. The van der Waals surface area contributed by atoms with Gasteiger partial charge in [0, 0.05) is 24.2 Å². The first-order chi connectivity index (χ1) is 15.1. The predicted octanol–water partition coefficient (Wildman–Crippen LogP) is 4.91. The summed E-state index contributed by atoms with van der Waals surface area (Å²) in [5, 5.41) is 3.54. The van der Waals surface area contributed by atoms with Gasteiger partial charge in [-0.25, -0.2) is 4.98 Å². The average molecular weight is 435 g/mol. The molecule has 0 aliphatic rings. The molecule has 158 valence electrons. The molecular formula is C23H22N4O3S. The van der Waals surface area contributed by atoms with E-state index in [0.29, 0.717) is 34.6 Å². The zero-order chi connectivity index (χ0) is 21.6. The Morgan fingerprint density at radius 3 is 2.84 bits per heavy atom. The van der Waals surface area contributed by atoms with E-state index in [2.05, 4.69) is 15.3 Å². The first-order valence-corrected chi connectivity index (χ1v) is 10.5. The smallest absolute Gasteiger partial charge is 0.262 e. The monoisotopic (exact) mass is 434 g/mol. The number of H-pyrrole nitrogens is 1. The average Bonchev–Trinajstić information content (AvgIpc) is 3.31. The molecule has 4 rings (SSSR count). The highest BCUT2D eigenvalue weighted by Gasteiger charge is 2.07. The third-order valence-corrected chi connectivity index (χ3v) is 5.36. The Kier molecular flexibility index (Phi) is 6.37. The van der Waals surface area contributed by atoms with E-state index < -0.39 is 0 Å². The van der Waals surface area contributed by atoms with E-state index in [-0.39, 0.29) is 11.5 Å². The second-order valence-corrected chi connectivity index (χ2v) is 7.62. The second-order valence-electron chi connectivity index (χ2n) is 7.24. The predicted molar refractivity (Wildman–Crippen MR) is 122 cm³/mol. The molecule has 0 unspecified atom stereocenters. The summed E-state index contributed by atoms with van der Waals surface area (Å²) in [4.78, 5) is 31.9. The van der Waals surface area contributed by atoms with Crippen LogP contribution >= 0.6 is 12.2 Å². The van der Waals surface area contributed by atoms with Crippen LogP contribution in [-0.2, 0) is 11.3 Å². The Bertz CT molecular complexity index is 1310. The topological polar surface area (TPSA) is 92.9 Å². The van der Waals surface area contributed by atoms with Gasteiger partial charge < -0.3 is 14.7 Å². The lowest BCUT2D eigenvalue weighted by Crippen LogP contribution is -2.22. The van der Waals surface area contributed by atoms with Crippen molar-refractivity contribution >= 4 is 34.7 Å². The molecule has 0 saturated heterocycles. The van der Waals surface area contributed by atoms with Crippen molar-refractivity contribution in [3.05, 3.63) is 76.2 Å². The van der Waals surface area contributed by atoms with Gasteiger partial charge in [-0.2, -0.15) is 0 Å². The Morgan fingerprint density at radius 2 is 2.00 bits per heavy atom. The molecule has 0 atom stereocenters. The van der Waals surface area contributed by atoms with Crippen molar-refractivity contribution in [2.75, 3.05) is 5.32 Å². The molecule has 0 bridgehead atoms. The van der Waals surface area contributed by atoms with Crippen molar-refractivity contribution < 1.29 is 9.21 Å². The second kappa shape index (κ2) is 9.53. The number of para-hydroxylation sites is 1. The minimum Gasteiger partial charge on any atom is -0.444 e. The van der Waals surface area contributed by atoms with Crippen molar-refractivity contribution in [2.24, 2.45) is 0 Å². The van der Waals surface area contributed by atoms with Gasteiger partial charge in [0.25, 0.3) is 5.56 Å². The molecule has 0 radical (unpaired) electrons. The molecule has 2 aromatic heterocycles. The number of aromatic amines is 1. The van der Waals surface area contributed by atoms with Gasteiger partial charge in [-0.05, 0) is 49.3 Å². The Labute approximate surface area is 183 Å². The molecule has 4 aromatic rings. The van der Waals surface area contributed by atoms with Gasteiger partial charge in [-0.3, -0.25) is 14.2 Å². The van der Waals surface area contributed by atoms with Crippen LogP contribution in [0.1, 0.15) is 25.7 Å². The standard InChI is InChI=1S/C23H22N4O3S/c28-21(25-17-8-6-7-16(13-17)20-14-24-15-30-20)11-2-1-5-12-27-22(29)18-9-3-4-10-19(18)26-23(27)31/h3-4,6-10,13-15H,1-2,5,11-12H2,(H,25,28)(H,26,31). The zero-order valence-corrected chi connectivity index (χ0v) is 17.7. The van der Waals surface area contributed by atoms with E-state index in [4.69, 9.17) is 16.6 Å². The highest BCUT2D eigenvalue weighted by atomic mass is 32.1. The summed E-state index contributed by atoms with van der Waals surface area (Å²) in [7, 11) is 0. The van der Waals surface area contributed by atoms with Gasteiger partial charge in [-0.1, -0.05) is 30.7 Å². The van der Waals surface area contributed by atoms with Crippen LogP contribution in [0.15, 0.2) is 70.3 Å². The van der Waals surface area contributed by atoms with E-state index in [0.717, 1.165) is 30.3 Å². The fourth-order valence-electron chi connectivity index (χ4n) is 3.47. The number of rotatable bonds is 8. The lowest BCUT2D eigenvalue weighted by atomic mass is 10.1. The van der Waals surface area contributed by atoms with Crippen molar-refractivity contribution in [3.8, 4) is 11.3 Å². The fourth-order valence-corrected chi connectivity index (χ4v) is 3.75. The molecule has 0 spiro atoms. The van der Waals surface area contributed by atoms with Crippen molar-refractivity contribution in [1.82, 2.24) is 14.5 Å². The maximum Gasteiger partial charge on any atom is 0.262 e. The number of carbonyl (C=O) groups excluding carboxylic acids is 1. The number of carbonyl (C=O) groups is 1. The number of fused-ring (bicyclic) bond motifs is 1. The summed E-state index contributed by atoms with van der Waals surface area (Å²) in [6.45, 7) is 0.528. The molecule has 1 amide bonds. The number of benzene rings is 2. The number of hydrogen-bond donors (Lipinski definition) is 2. The van der Waals surface area contributed by atoms with Gasteiger partial charge in [0.2, 0.25) is 5.91 Å². The lowest BCUT2D eigenvalue weighted by Gasteiger charge is -2.09. The normalized spacial score (nSPS) is 11.0. The molecule has 8 heteroatoms. The Hall–Kier alpha value is -3.52. The van der Waals surface area contributed by atoms with Crippen molar-refractivity contribution in [3.63, 3.8) is 0 Å². The number of hydrogen-bond acceptors (Lipinski definition) is 5. The summed E-state index contributed by atoms with van der Waals surface area (Å²) in [6.07, 6.45) is 5.73. The van der Waals surface area contributed by atoms with Gasteiger partial charge in [0.15, 0.2) is 16.9 Å². The first-order valence-electron chi connectivity index (χ1n) is 10.1. The summed E-state index contributed by atoms with van der Waals surface area (Å²) in [5.74, 6) is 0.605. The van der Waals surface area contributed by atoms with Crippen molar-refractivity contribution in [1.29, 1.82) is 0 Å². The van der Waals surface area contributed by atoms with Crippen LogP contribution in [0.3, 0.4) is 0 Å². The molecule has 0 saturated carbocycles. The summed E-state index contributed by atoms with van der Waals surface area (Å²) >= 11 is 5.33. The molecule has 2 aromatic carbocycles. The third kappa shape index (κ3) is 4.97. The minimum atomic E-state index is -0.0799. The molecule has 0 aliphatic heterocycles. The highest BCUT2D eigenvalue weighted by molar-refractivity contribution is 7.71. The maximum absolute atomic E-state index is 12.6. The molecular weight excluding hydrogens is 412 g/mol. The number of unbranched alkanes of at least 4 members (excludes halogenated alkanes) is 2. The van der Waals surface area contributed by atoms with Crippen molar-refractivity contribution in [2.45, 2.75) is 32.2 Å². The van der Waals surface area contributed by atoms with Crippen LogP contribution in [-0.4, -0.2) is 20.4 Å². The van der Waals surface area contributed by atoms with E-state index in [1.54, 1.807) is 16.8 Å². The van der Waals surface area contributed by atoms with Crippen LogP contribution in [0.5, 0.6) is 0 Å². The highest BCUT2D eigenvalue weighted by Crippen LogP contribution is 2.22. The summed E-state index contributed by atoms with van der Waals surface area (Å²) < 4.78 is 7.30. The van der Waals surface area contributed by atoms with E-state index in [1.165, 1.54) is 6.39 Å². The number of nitrogens with one attached hydrogen (secondary N) is 2. The van der Waals surface area contributed by atoms with Gasteiger partial charge in [-0.15, -0.1) is 0 Å². The fraction of sp³-hybridized carbons (Fsp3) is 0.217. The van der Waals surface area contributed by atoms with Gasteiger partial charge >= 0.3 is 0 Å². The number of aromatic nitrogens is 3. The number of oxazole rings is 1. The largest absolute Gasteiger partial charge is 0.444 e. The summed E-state index contributed by atoms with van der Waals surface area (Å²) in [5.41, 5.74) is 2.24. The van der Waals surface area contributed by atoms with E-state index in [1.807, 2.05) is 42.5 Å². The minimum absolute atomic E-state index is 0.0464. The SMILES string of the molecule is O=C(CCCCCn1c(=S)[nH]c2ccccc2c1=O)Nc1cccc(-c2cnco2)c1. The maximum atomic E-state index is 12.6. The Balaban J connectivity index is 1.27. The van der Waals surface area contributed by atoms with Gasteiger partial charge in [0.1, 0.15) is 0 Å². The third-order valence-electron chi connectivity index (χ3n) is 5.04. The quantitative estimate of drug-likeness (QED) is 0.303. The molecule has 7 nitrogen and oxygen atoms in total. The molecule has 31 heavy (non-hydrogen) atoms. The number of anilines is 1. The van der Waals surface area contributed by atoms with Crippen LogP contribution in [0.25, 0.3) is 22.2 Å². The summed E-state index contributed by atoms with van der Waals surface area (Å²) in [6, 6.07) is 14.8. The molecule has 2 heterocycles. The number of amides is 1. The molecule has 2 N–H and O–H groups in total. The lowest BCUT2D eigenvalue weighted by molar-refractivity contribution is -0.116. The van der Waals surface area contributed by atoms with Crippen LogP contribution in [0, 0.1) is 4.77 Å². The molecule has 0 aliphatic carbocycles. The molecule has 0 fully saturated rings. The number of nitrogens with zero attached hydrogens (tertiary/aromatic N) is 2. The van der Waals surface area contributed by atoms with Crippen LogP contribution in [0.4, 0.5) is 5.69 Å². The van der Waals surface area contributed by atoms with Crippen LogP contribution < -0.4 is 10.9 Å². The van der Waals surface area contributed by atoms with Crippen LogP contribution in [0.2, 0.25) is 0 Å². The first kappa shape index (κ1) is 20.7. The van der Waals surface area contributed by atoms with E-state index in [9.17, 15) is 9.59 Å². The van der Waals surface area contributed by atoms with Gasteiger partial charge in [0.05, 0.1) is 17.1 Å².